The summed E-state index contributed by atoms with van der Waals surface area (Å²) >= 11 is 0. The Hall–Kier alpha value is -3.35. The number of benzene rings is 2. The van der Waals surface area contributed by atoms with Crippen LogP contribution in [0.15, 0.2) is 48.5 Å². The van der Waals surface area contributed by atoms with Crippen LogP contribution in [0.1, 0.15) is 27.7 Å². The van der Waals surface area contributed by atoms with Crippen LogP contribution in [0.4, 0.5) is 10.5 Å². The SMILES string of the molecule is C[C@@H](NC(=O)OC(C)(C)C)C(=O)Nc1ccccc1-c1nc2ccccc2[nH]1. The van der Waals surface area contributed by atoms with Crippen molar-refractivity contribution in [2.45, 2.75) is 39.3 Å². The molecule has 7 nitrogen and oxygen atoms in total. The second-order valence-electron chi connectivity index (χ2n) is 7.51. The zero-order valence-electron chi connectivity index (χ0n) is 16.4. The van der Waals surface area contributed by atoms with Crippen molar-refractivity contribution in [2.75, 3.05) is 5.32 Å². The Morgan fingerprint density at radius 1 is 1.07 bits per heavy atom. The summed E-state index contributed by atoms with van der Waals surface area (Å²) in [5, 5.41) is 5.39. The molecule has 0 aliphatic rings. The van der Waals surface area contributed by atoms with Crippen LogP contribution in [0.2, 0.25) is 0 Å². The van der Waals surface area contributed by atoms with Gasteiger partial charge in [-0.3, -0.25) is 4.79 Å². The van der Waals surface area contributed by atoms with Crippen LogP contribution in [0.3, 0.4) is 0 Å². The first-order valence-electron chi connectivity index (χ1n) is 9.07. The molecular formula is C21H24N4O3. The number of fused-ring (bicyclic) bond motifs is 1. The zero-order valence-corrected chi connectivity index (χ0v) is 16.4. The van der Waals surface area contributed by atoms with Gasteiger partial charge in [0, 0.05) is 5.56 Å². The summed E-state index contributed by atoms with van der Waals surface area (Å²) in [6.45, 7) is 6.89. The minimum Gasteiger partial charge on any atom is -0.444 e. The van der Waals surface area contributed by atoms with Crippen molar-refractivity contribution in [3.8, 4) is 11.4 Å². The van der Waals surface area contributed by atoms with E-state index < -0.39 is 17.7 Å². The average molecular weight is 380 g/mol. The number of amides is 2. The number of anilines is 1. The molecule has 0 saturated heterocycles. The van der Waals surface area contributed by atoms with Gasteiger partial charge in [0.05, 0.1) is 16.7 Å². The molecule has 0 aliphatic heterocycles. The number of rotatable bonds is 4. The maximum atomic E-state index is 12.6. The van der Waals surface area contributed by atoms with Gasteiger partial charge >= 0.3 is 6.09 Å². The van der Waals surface area contributed by atoms with Crippen molar-refractivity contribution in [3.63, 3.8) is 0 Å². The summed E-state index contributed by atoms with van der Waals surface area (Å²) in [7, 11) is 0. The van der Waals surface area contributed by atoms with Gasteiger partial charge in [0.15, 0.2) is 0 Å². The molecule has 0 bridgehead atoms. The number of ether oxygens (including phenoxy) is 1. The Labute approximate surface area is 163 Å². The predicted molar refractivity (Wildman–Crippen MR) is 109 cm³/mol. The van der Waals surface area contributed by atoms with Gasteiger partial charge in [-0.15, -0.1) is 0 Å². The van der Waals surface area contributed by atoms with Crippen LogP contribution in [-0.2, 0) is 9.53 Å². The van der Waals surface area contributed by atoms with Gasteiger partial charge < -0.3 is 20.4 Å². The zero-order chi connectivity index (χ0) is 20.3. The van der Waals surface area contributed by atoms with Gasteiger partial charge in [-0.1, -0.05) is 24.3 Å². The van der Waals surface area contributed by atoms with E-state index in [1.807, 2.05) is 42.5 Å². The second kappa shape index (κ2) is 7.72. The Balaban J connectivity index is 1.76. The van der Waals surface area contributed by atoms with Crippen molar-refractivity contribution in [1.82, 2.24) is 15.3 Å². The maximum absolute atomic E-state index is 12.6. The summed E-state index contributed by atoms with van der Waals surface area (Å²) in [5.41, 5.74) is 2.49. The van der Waals surface area contributed by atoms with Gasteiger partial charge in [-0.25, -0.2) is 9.78 Å². The fraction of sp³-hybridized carbons (Fsp3) is 0.286. The number of carbonyl (C=O) groups excluding carboxylic acids is 2. The molecule has 0 fully saturated rings. The van der Waals surface area contributed by atoms with Gasteiger partial charge in [0.25, 0.3) is 0 Å². The van der Waals surface area contributed by atoms with E-state index in [1.165, 1.54) is 0 Å². The topological polar surface area (TPSA) is 96.1 Å². The van der Waals surface area contributed by atoms with Gasteiger partial charge in [-0.2, -0.15) is 0 Å². The lowest BCUT2D eigenvalue weighted by Gasteiger charge is -2.22. The summed E-state index contributed by atoms with van der Waals surface area (Å²) in [4.78, 5) is 32.3. The van der Waals surface area contributed by atoms with E-state index in [0.717, 1.165) is 16.6 Å². The number of hydrogen-bond donors (Lipinski definition) is 3. The molecule has 1 atom stereocenters. The number of aromatic amines is 1. The molecule has 7 heteroatoms. The number of carbonyl (C=O) groups is 2. The molecule has 146 valence electrons. The number of nitrogens with one attached hydrogen (secondary N) is 3. The van der Waals surface area contributed by atoms with Crippen LogP contribution < -0.4 is 10.6 Å². The van der Waals surface area contributed by atoms with Crippen LogP contribution in [-0.4, -0.2) is 33.6 Å². The van der Waals surface area contributed by atoms with Crippen molar-refractivity contribution in [1.29, 1.82) is 0 Å². The van der Waals surface area contributed by atoms with Gasteiger partial charge in [-0.05, 0) is 52.0 Å². The second-order valence-corrected chi connectivity index (χ2v) is 7.51. The Bertz CT molecular complexity index is 971. The maximum Gasteiger partial charge on any atom is 0.408 e. The minimum absolute atomic E-state index is 0.352. The largest absolute Gasteiger partial charge is 0.444 e. The highest BCUT2D eigenvalue weighted by molar-refractivity contribution is 5.99. The number of hydrogen-bond acceptors (Lipinski definition) is 4. The lowest BCUT2D eigenvalue weighted by atomic mass is 10.1. The third-order valence-corrected chi connectivity index (χ3v) is 3.96. The first-order chi connectivity index (χ1) is 13.2. The highest BCUT2D eigenvalue weighted by Gasteiger charge is 2.22. The molecule has 2 amide bonds. The number of para-hydroxylation sites is 3. The summed E-state index contributed by atoms with van der Waals surface area (Å²) in [5.74, 6) is 0.305. The predicted octanol–water partition coefficient (Wildman–Crippen LogP) is 4.08. The highest BCUT2D eigenvalue weighted by atomic mass is 16.6. The molecule has 0 spiro atoms. The fourth-order valence-corrected chi connectivity index (χ4v) is 2.67. The first kappa shape index (κ1) is 19.4. The van der Waals surface area contributed by atoms with E-state index >= 15 is 0 Å². The number of nitrogens with zero attached hydrogens (tertiary/aromatic N) is 1. The Morgan fingerprint density at radius 2 is 1.75 bits per heavy atom. The fourth-order valence-electron chi connectivity index (χ4n) is 2.67. The van der Waals surface area contributed by atoms with Gasteiger partial charge in [0.2, 0.25) is 5.91 Å². The van der Waals surface area contributed by atoms with Crippen LogP contribution in [0.5, 0.6) is 0 Å². The average Bonchev–Trinajstić information content (AvgIpc) is 3.04. The van der Waals surface area contributed by atoms with E-state index in [0.29, 0.717) is 11.5 Å². The third kappa shape index (κ3) is 4.68. The molecule has 28 heavy (non-hydrogen) atoms. The standard InChI is InChI=1S/C21H24N4O3/c1-13(22-20(27)28-21(2,3)4)19(26)25-15-10-6-5-9-14(15)18-23-16-11-7-8-12-17(16)24-18/h5-13H,1-4H3,(H,22,27)(H,23,24)(H,25,26)/t13-/m1/s1. The summed E-state index contributed by atoms with van der Waals surface area (Å²) in [6.07, 6.45) is -0.638. The van der Waals surface area contributed by atoms with E-state index in [2.05, 4.69) is 20.6 Å². The van der Waals surface area contributed by atoms with Gasteiger partial charge in [0.1, 0.15) is 17.5 Å². The number of aromatic nitrogens is 2. The lowest BCUT2D eigenvalue weighted by Crippen LogP contribution is -2.44. The Morgan fingerprint density at radius 3 is 2.46 bits per heavy atom. The van der Waals surface area contributed by atoms with E-state index in [-0.39, 0.29) is 5.91 Å². The van der Waals surface area contributed by atoms with Crippen molar-refractivity contribution in [2.24, 2.45) is 0 Å². The molecule has 3 aromatic rings. The molecule has 3 N–H and O–H groups in total. The molecule has 0 aliphatic carbocycles. The van der Waals surface area contributed by atoms with Crippen LogP contribution in [0, 0.1) is 0 Å². The number of H-pyrrole nitrogens is 1. The molecule has 1 heterocycles. The molecular weight excluding hydrogens is 356 g/mol. The smallest absolute Gasteiger partial charge is 0.408 e. The molecule has 2 aromatic carbocycles. The molecule has 0 unspecified atom stereocenters. The Kier molecular flexibility index (Phi) is 5.35. The normalized spacial score (nSPS) is 12.4. The quantitative estimate of drug-likeness (QED) is 0.635. The highest BCUT2D eigenvalue weighted by Crippen LogP contribution is 2.27. The number of alkyl carbamates (subject to hydrolysis) is 1. The molecule has 3 rings (SSSR count). The lowest BCUT2D eigenvalue weighted by molar-refractivity contribution is -0.117. The minimum atomic E-state index is -0.765. The molecule has 1 aromatic heterocycles. The molecule has 0 radical (unpaired) electrons. The van der Waals surface area contributed by atoms with Crippen LogP contribution in [0.25, 0.3) is 22.4 Å². The summed E-state index contributed by atoms with van der Waals surface area (Å²) in [6, 6.07) is 14.3. The monoisotopic (exact) mass is 380 g/mol. The first-order valence-corrected chi connectivity index (χ1v) is 9.07. The van der Waals surface area contributed by atoms with Crippen molar-refractivity contribution < 1.29 is 14.3 Å². The van der Waals surface area contributed by atoms with E-state index in [4.69, 9.17) is 4.74 Å². The van der Waals surface area contributed by atoms with E-state index in [9.17, 15) is 9.59 Å². The van der Waals surface area contributed by atoms with Crippen molar-refractivity contribution >= 4 is 28.7 Å². The van der Waals surface area contributed by atoms with E-state index in [1.54, 1.807) is 33.8 Å². The third-order valence-electron chi connectivity index (χ3n) is 3.96. The molecule has 0 saturated carbocycles. The van der Waals surface area contributed by atoms with Crippen LogP contribution >= 0.6 is 0 Å². The van der Waals surface area contributed by atoms with Crippen molar-refractivity contribution in [3.05, 3.63) is 48.5 Å². The summed E-state index contributed by atoms with van der Waals surface area (Å²) < 4.78 is 5.19. The number of imidazole rings is 1.